The smallest absolute Gasteiger partial charge is 0.148 e. The largest absolute Gasteiger partial charge is 0.356 e. The minimum Gasteiger partial charge on any atom is -0.356 e. The molecule has 1 heterocycles. The number of anilines is 2. The summed E-state index contributed by atoms with van der Waals surface area (Å²) in [5.41, 5.74) is 3.74. The Kier molecular flexibility index (Phi) is 5.17. The van der Waals surface area contributed by atoms with Crippen molar-refractivity contribution in [2.24, 2.45) is 5.84 Å². The number of hydrazine groups is 1. The molecule has 0 aromatic carbocycles. The number of hydrogen-bond acceptors (Lipinski definition) is 5. The lowest BCUT2D eigenvalue weighted by Crippen LogP contribution is -2.33. The van der Waals surface area contributed by atoms with Crippen LogP contribution in [-0.4, -0.2) is 23.1 Å². The van der Waals surface area contributed by atoms with Crippen molar-refractivity contribution in [1.82, 2.24) is 9.97 Å². The molecule has 0 radical (unpaired) electrons. The van der Waals surface area contributed by atoms with Gasteiger partial charge in [-0.3, -0.25) is 0 Å². The molecule has 0 unspecified atom stereocenters. The average Bonchev–Trinajstić information content (AvgIpc) is 2.76. The molecular weight excluding hydrogens is 250 g/mol. The van der Waals surface area contributed by atoms with Crippen LogP contribution in [0.4, 0.5) is 11.6 Å². The van der Waals surface area contributed by atoms with E-state index in [1.165, 1.54) is 38.5 Å². The summed E-state index contributed by atoms with van der Waals surface area (Å²) in [6, 6.07) is 0.585. The van der Waals surface area contributed by atoms with Gasteiger partial charge in [-0.05, 0) is 19.8 Å². The highest BCUT2D eigenvalue weighted by Crippen LogP contribution is 2.28. The molecular formula is C15H27N5. The highest BCUT2D eigenvalue weighted by Gasteiger charge is 2.21. The number of nitrogen functional groups attached to an aromatic ring is 1. The number of aromatic nitrogens is 2. The van der Waals surface area contributed by atoms with Crippen LogP contribution in [0.1, 0.15) is 56.8 Å². The van der Waals surface area contributed by atoms with Gasteiger partial charge in [0.05, 0.1) is 0 Å². The first-order valence-corrected chi connectivity index (χ1v) is 7.74. The maximum Gasteiger partial charge on any atom is 0.148 e. The lowest BCUT2D eigenvalue weighted by molar-refractivity contribution is 0.547. The van der Waals surface area contributed by atoms with Crippen molar-refractivity contribution >= 4 is 11.6 Å². The monoisotopic (exact) mass is 277 g/mol. The Bertz CT molecular complexity index is 438. The van der Waals surface area contributed by atoms with Crippen molar-refractivity contribution < 1.29 is 0 Å². The first-order chi connectivity index (χ1) is 9.67. The van der Waals surface area contributed by atoms with E-state index in [9.17, 15) is 0 Å². The van der Waals surface area contributed by atoms with Gasteiger partial charge in [0.1, 0.15) is 17.5 Å². The Labute approximate surface area is 121 Å². The van der Waals surface area contributed by atoms with Gasteiger partial charge in [0.2, 0.25) is 0 Å². The van der Waals surface area contributed by atoms with Crippen LogP contribution in [0.15, 0.2) is 0 Å². The van der Waals surface area contributed by atoms with Gasteiger partial charge in [-0.1, -0.05) is 32.6 Å². The number of nitrogens with two attached hydrogens (primary N) is 1. The van der Waals surface area contributed by atoms with Crippen molar-refractivity contribution in [3.05, 3.63) is 11.4 Å². The topological polar surface area (TPSA) is 67.1 Å². The Morgan fingerprint density at radius 3 is 2.40 bits per heavy atom. The number of nitrogens with one attached hydrogen (secondary N) is 1. The van der Waals surface area contributed by atoms with Crippen LogP contribution in [0.5, 0.6) is 0 Å². The van der Waals surface area contributed by atoms with E-state index >= 15 is 0 Å². The van der Waals surface area contributed by atoms with E-state index in [1.807, 2.05) is 6.92 Å². The Hall–Kier alpha value is -1.36. The van der Waals surface area contributed by atoms with E-state index in [4.69, 9.17) is 10.8 Å². The van der Waals surface area contributed by atoms with Crippen LogP contribution in [0.3, 0.4) is 0 Å². The second-order valence-corrected chi connectivity index (χ2v) is 5.69. The van der Waals surface area contributed by atoms with E-state index < -0.39 is 0 Å². The lowest BCUT2D eigenvalue weighted by Gasteiger charge is -2.30. The fourth-order valence-corrected chi connectivity index (χ4v) is 3.01. The van der Waals surface area contributed by atoms with E-state index in [0.29, 0.717) is 6.04 Å². The standard InChI is InChI=1S/C15H27N5/c1-4-13-17-14(19-16)11(2)15(18-13)20(3)12-9-7-5-6-8-10-12/h12H,4-10,16H2,1-3H3,(H,17,18,19). The molecule has 1 fully saturated rings. The minimum absolute atomic E-state index is 0.585. The van der Waals surface area contributed by atoms with Gasteiger partial charge in [-0.15, -0.1) is 0 Å². The zero-order chi connectivity index (χ0) is 14.5. The summed E-state index contributed by atoms with van der Waals surface area (Å²) in [5.74, 6) is 8.20. The molecule has 112 valence electrons. The molecule has 3 N–H and O–H groups in total. The molecule has 0 amide bonds. The van der Waals surface area contributed by atoms with E-state index in [2.05, 4.69) is 29.3 Å². The number of aryl methyl sites for hydroxylation is 1. The minimum atomic E-state index is 0.585. The van der Waals surface area contributed by atoms with Gasteiger partial charge in [0.25, 0.3) is 0 Å². The summed E-state index contributed by atoms with van der Waals surface area (Å²) in [6.45, 7) is 4.11. The zero-order valence-corrected chi connectivity index (χ0v) is 12.9. The zero-order valence-electron chi connectivity index (χ0n) is 12.9. The van der Waals surface area contributed by atoms with Gasteiger partial charge in [0.15, 0.2) is 0 Å². The molecule has 5 heteroatoms. The molecule has 5 nitrogen and oxygen atoms in total. The Morgan fingerprint density at radius 2 is 1.85 bits per heavy atom. The van der Waals surface area contributed by atoms with Crippen LogP contribution in [0.2, 0.25) is 0 Å². The van der Waals surface area contributed by atoms with E-state index in [-0.39, 0.29) is 0 Å². The lowest BCUT2D eigenvalue weighted by atomic mass is 10.1. The molecule has 20 heavy (non-hydrogen) atoms. The van der Waals surface area contributed by atoms with Gasteiger partial charge in [-0.2, -0.15) is 0 Å². The predicted molar refractivity (Wildman–Crippen MR) is 83.9 cm³/mol. The fourth-order valence-electron chi connectivity index (χ4n) is 3.01. The molecule has 1 aliphatic rings. The van der Waals surface area contributed by atoms with Crippen LogP contribution < -0.4 is 16.2 Å². The summed E-state index contributed by atoms with van der Waals surface area (Å²) >= 11 is 0. The third kappa shape index (κ3) is 3.20. The number of nitrogens with zero attached hydrogens (tertiary/aromatic N) is 3. The van der Waals surface area contributed by atoms with Gasteiger partial charge >= 0.3 is 0 Å². The summed E-state index contributed by atoms with van der Waals surface area (Å²) in [5, 5.41) is 0. The molecule has 1 aromatic heterocycles. The second kappa shape index (κ2) is 6.88. The number of rotatable bonds is 4. The molecule has 2 rings (SSSR count). The van der Waals surface area contributed by atoms with Gasteiger partial charge in [0, 0.05) is 25.1 Å². The molecule has 1 saturated carbocycles. The van der Waals surface area contributed by atoms with Gasteiger partial charge in [-0.25, -0.2) is 15.8 Å². The van der Waals surface area contributed by atoms with E-state index in [0.717, 1.165) is 29.4 Å². The quantitative estimate of drug-likeness (QED) is 0.503. The molecule has 1 aliphatic carbocycles. The Balaban J connectivity index is 2.29. The molecule has 0 atom stereocenters. The molecule has 0 aliphatic heterocycles. The predicted octanol–water partition coefficient (Wildman–Crippen LogP) is 2.79. The van der Waals surface area contributed by atoms with Crippen molar-refractivity contribution in [2.75, 3.05) is 17.4 Å². The first kappa shape index (κ1) is 15.0. The van der Waals surface area contributed by atoms with E-state index in [1.54, 1.807) is 0 Å². The normalized spacial score (nSPS) is 16.8. The van der Waals surface area contributed by atoms with Crippen LogP contribution in [0.25, 0.3) is 0 Å². The molecule has 0 saturated heterocycles. The van der Waals surface area contributed by atoms with Crippen molar-refractivity contribution in [3.8, 4) is 0 Å². The number of hydrogen-bond donors (Lipinski definition) is 2. The van der Waals surface area contributed by atoms with Crippen LogP contribution >= 0.6 is 0 Å². The van der Waals surface area contributed by atoms with Crippen molar-refractivity contribution in [1.29, 1.82) is 0 Å². The third-order valence-electron chi connectivity index (χ3n) is 4.33. The molecule has 0 bridgehead atoms. The van der Waals surface area contributed by atoms with Crippen LogP contribution in [0, 0.1) is 6.92 Å². The highest BCUT2D eigenvalue weighted by atomic mass is 15.3. The second-order valence-electron chi connectivity index (χ2n) is 5.69. The molecule has 0 spiro atoms. The van der Waals surface area contributed by atoms with Crippen molar-refractivity contribution in [2.45, 2.75) is 64.8 Å². The summed E-state index contributed by atoms with van der Waals surface area (Å²) < 4.78 is 0. The SMILES string of the molecule is CCc1nc(NN)c(C)c(N(C)C2CCCCCC2)n1. The summed E-state index contributed by atoms with van der Waals surface area (Å²) in [4.78, 5) is 11.5. The Morgan fingerprint density at radius 1 is 1.20 bits per heavy atom. The average molecular weight is 277 g/mol. The molecule has 1 aromatic rings. The van der Waals surface area contributed by atoms with Crippen molar-refractivity contribution in [3.63, 3.8) is 0 Å². The maximum absolute atomic E-state index is 5.59. The summed E-state index contributed by atoms with van der Waals surface area (Å²) in [6.07, 6.45) is 8.70. The fraction of sp³-hybridized carbons (Fsp3) is 0.733. The van der Waals surface area contributed by atoms with Crippen LogP contribution in [-0.2, 0) is 6.42 Å². The summed E-state index contributed by atoms with van der Waals surface area (Å²) in [7, 11) is 2.16. The first-order valence-electron chi connectivity index (χ1n) is 7.74. The third-order valence-corrected chi connectivity index (χ3v) is 4.33. The van der Waals surface area contributed by atoms with Gasteiger partial charge < -0.3 is 10.3 Å². The highest BCUT2D eigenvalue weighted by molar-refractivity contribution is 5.58. The maximum atomic E-state index is 5.59.